The number of hydrogen-bond acceptors (Lipinski definition) is 2. The van der Waals surface area contributed by atoms with Gasteiger partial charge in [-0.15, -0.1) is 0 Å². The lowest BCUT2D eigenvalue weighted by Gasteiger charge is -2.21. The summed E-state index contributed by atoms with van der Waals surface area (Å²) >= 11 is 0. The van der Waals surface area contributed by atoms with Gasteiger partial charge in [0.1, 0.15) is 5.82 Å². The maximum atomic E-state index is 13.2. The number of nitrogens with one attached hydrogen (secondary N) is 1. The lowest BCUT2D eigenvalue weighted by atomic mass is 9.92. The quantitative estimate of drug-likeness (QED) is 0.897. The van der Waals surface area contributed by atoms with Crippen LogP contribution in [0.2, 0.25) is 0 Å². The van der Waals surface area contributed by atoms with Crippen LogP contribution in [-0.2, 0) is 0 Å². The fraction of sp³-hybridized carbons (Fsp3) is 0.476. The van der Waals surface area contributed by atoms with Crippen molar-refractivity contribution in [3.05, 3.63) is 53.1 Å². The van der Waals surface area contributed by atoms with Crippen LogP contribution >= 0.6 is 0 Å². The molecule has 1 aromatic heterocycles. The largest absolute Gasteiger partial charge is 0.339 e. The van der Waals surface area contributed by atoms with E-state index in [9.17, 15) is 9.18 Å². The highest BCUT2D eigenvalue weighted by atomic mass is 19.1. The molecule has 2 aliphatic rings. The van der Waals surface area contributed by atoms with E-state index in [4.69, 9.17) is 0 Å². The third-order valence-electron chi connectivity index (χ3n) is 6.05. The molecule has 1 N–H and O–H groups in total. The Morgan fingerprint density at radius 3 is 2.31 bits per heavy atom. The van der Waals surface area contributed by atoms with Crippen LogP contribution in [0, 0.1) is 31.5 Å². The molecule has 0 bridgehead atoms. The number of aromatic nitrogens is 1. The van der Waals surface area contributed by atoms with Crippen molar-refractivity contribution in [1.29, 1.82) is 0 Å². The Hall–Kier alpha value is -2.14. The second kappa shape index (κ2) is 6.88. The van der Waals surface area contributed by atoms with E-state index in [-0.39, 0.29) is 11.7 Å². The minimum absolute atomic E-state index is 0.124. The van der Waals surface area contributed by atoms with Crippen molar-refractivity contribution in [1.82, 2.24) is 14.8 Å². The number of nitrogens with zero attached hydrogens (tertiary/aromatic N) is 2. The van der Waals surface area contributed by atoms with E-state index in [0.717, 1.165) is 61.7 Å². The van der Waals surface area contributed by atoms with Gasteiger partial charge in [-0.1, -0.05) is 0 Å². The Kier molecular flexibility index (Phi) is 4.57. The highest BCUT2D eigenvalue weighted by Gasteiger charge is 2.32. The van der Waals surface area contributed by atoms with E-state index in [1.54, 1.807) is 12.1 Å². The minimum Gasteiger partial charge on any atom is -0.339 e. The van der Waals surface area contributed by atoms with E-state index in [0.29, 0.717) is 11.8 Å². The first-order valence-corrected chi connectivity index (χ1v) is 9.49. The average Bonchev–Trinajstić information content (AvgIpc) is 3.13. The molecule has 1 aromatic carbocycles. The van der Waals surface area contributed by atoms with Crippen molar-refractivity contribution in [3.63, 3.8) is 0 Å². The van der Waals surface area contributed by atoms with Gasteiger partial charge in [-0.05, 0) is 81.9 Å². The molecule has 3 heterocycles. The molecule has 0 saturated carbocycles. The molecule has 2 atom stereocenters. The van der Waals surface area contributed by atoms with Crippen molar-refractivity contribution in [2.45, 2.75) is 26.7 Å². The van der Waals surface area contributed by atoms with E-state index >= 15 is 0 Å². The van der Waals surface area contributed by atoms with Crippen molar-refractivity contribution in [2.24, 2.45) is 11.8 Å². The summed E-state index contributed by atoms with van der Waals surface area (Å²) in [6.07, 6.45) is 2.17. The summed E-state index contributed by atoms with van der Waals surface area (Å²) in [6.45, 7) is 7.81. The number of benzene rings is 1. The number of amides is 1. The first-order chi connectivity index (χ1) is 12.5. The van der Waals surface area contributed by atoms with Gasteiger partial charge < -0.3 is 14.8 Å². The molecule has 1 amide bonds. The highest BCUT2D eigenvalue weighted by Crippen LogP contribution is 2.29. The summed E-state index contributed by atoms with van der Waals surface area (Å²) in [4.78, 5) is 15.2. The van der Waals surface area contributed by atoms with E-state index in [1.807, 2.05) is 29.4 Å². The number of aryl methyl sites for hydroxylation is 1. The predicted octanol–water partition coefficient (Wildman–Crippen LogP) is 3.30. The number of likely N-dealkylation sites (tertiary alicyclic amines) is 1. The Labute approximate surface area is 154 Å². The van der Waals surface area contributed by atoms with Gasteiger partial charge in [0.05, 0.1) is 5.56 Å². The van der Waals surface area contributed by atoms with E-state index in [1.165, 1.54) is 12.1 Å². The number of halogens is 1. The van der Waals surface area contributed by atoms with Crippen LogP contribution in [0.15, 0.2) is 30.3 Å². The molecule has 4 rings (SSSR count). The number of rotatable bonds is 2. The topological polar surface area (TPSA) is 37.3 Å². The summed E-state index contributed by atoms with van der Waals surface area (Å²) in [7, 11) is 0. The Morgan fingerprint density at radius 2 is 1.69 bits per heavy atom. The molecule has 138 valence electrons. The van der Waals surface area contributed by atoms with Gasteiger partial charge in [-0.2, -0.15) is 0 Å². The van der Waals surface area contributed by atoms with Crippen molar-refractivity contribution >= 4 is 5.91 Å². The normalized spacial score (nSPS) is 23.0. The molecule has 0 radical (unpaired) electrons. The summed E-state index contributed by atoms with van der Waals surface area (Å²) in [5, 5.41) is 3.48. The molecule has 0 unspecified atom stereocenters. The smallest absolute Gasteiger partial charge is 0.255 e. The van der Waals surface area contributed by atoms with Crippen LogP contribution in [0.1, 0.15) is 34.6 Å². The van der Waals surface area contributed by atoms with Gasteiger partial charge in [0, 0.05) is 30.2 Å². The zero-order valence-corrected chi connectivity index (χ0v) is 15.5. The van der Waals surface area contributed by atoms with Gasteiger partial charge in [-0.3, -0.25) is 4.79 Å². The van der Waals surface area contributed by atoms with Gasteiger partial charge in [0.2, 0.25) is 0 Å². The third kappa shape index (κ3) is 3.05. The molecule has 0 spiro atoms. The SMILES string of the molecule is Cc1cc(C(=O)N2CC[C@@H]3CNC[C@@H]3CC2)c(C)n1-c1ccc(F)cc1. The molecule has 0 aliphatic carbocycles. The molecule has 26 heavy (non-hydrogen) atoms. The van der Waals surface area contributed by atoms with Crippen molar-refractivity contribution in [2.75, 3.05) is 26.2 Å². The zero-order valence-electron chi connectivity index (χ0n) is 15.5. The van der Waals surface area contributed by atoms with Gasteiger partial charge in [0.25, 0.3) is 5.91 Å². The van der Waals surface area contributed by atoms with Gasteiger partial charge in [0.15, 0.2) is 0 Å². The van der Waals surface area contributed by atoms with E-state index < -0.39 is 0 Å². The minimum atomic E-state index is -0.253. The molecular weight excluding hydrogens is 329 g/mol. The monoisotopic (exact) mass is 355 g/mol. The number of hydrogen-bond donors (Lipinski definition) is 1. The maximum absolute atomic E-state index is 13.2. The zero-order chi connectivity index (χ0) is 18.3. The number of fused-ring (bicyclic) bond motifs is 1. The van der Waals surface area contributed by atoms with Crippen molar-refractivity contribution in [3.8, 4) is 5.69 Å². The van der Waals surface area contributed by atoms with Crippen molar-refractivity contribution < 1.29 is 9.18 Å². The first-order valence-electron chi connectivity index (χ1n) is 9.49. The predicted molar refractivity (Wildman–Crippen MR) is 100 cm³/mol. The standard InChI is InChI=1S/C21H26FN3O/c1-14-11-20(15(2)25(14)19-5-3-18(22)4-6-19)21(26)24-9-7-16-12-23-13-17(16)8-10-24/h3-6,11,16-17,23H,7-10,12-13H2,1-2H3/t16-,17+. The van der Waals surface area contributed by atoms with Crippen LogP contribution in [0.4, 0.5) is 4.39 Å². The van der Waals surface area contributed by atoms with Crippen LogP contribution in [0.3, 0.4) is 0 Å². The lowest BCUT2D eigenvalue weighted by Crippen LogP contribution is -2.33. The second-order valence-corrected chi connectivity index (χ2v) is 7.64. The average molecular weight is 355 g/mol. The second-order valence-electron chi connectivity index (χ2n) is 7.64. The summed E-state index contributed by atoms with van der Waals surface area (Å²) < 4.78 is 15.3. The van der Waals surface area contributed by atoms with Crippen LogP contribution in [0.5, 0.6) is 0 Å². The fourth-order valence-corrected chi connectivity index (χ4v) is 4.56. The first kappa shape index (κ1) is 17.3. The molecule has 5 heteroatoms. The molecular formula is C21H26FN3O. The van der Waals surface area contributed by atoms with E-state index in [2.05, 4.69) is 5.32 Å². The molecule has 2 fully saturated rings. The summed E-state index contributed by atoms with van der Waals surface area (Å²) in [5.41, 5.74) is 3.56. The highest BCUT2D eigenvalue weighted by molar-refractivity contribution is 5.96. The van der Waals surface area contributed by atoms with Gasteiger partial charge >= 0.3 is 0 Å². The fourth-order valence-electron chi connectivity index (χ4n) is 4.56. The lowest BCUT2D eigenvalue weighted by molar-refractivity contribution is 0.0758. The van der Waals surface area contributed by atoms with Crippen LogP contribution in [-0.4, -0.2) is 41.6 Å². The Balaban J connectivity index is 1.58. The Morgan fingerprint density at radius 1 is 1.08 bits per heavy atom. The molecule has 4 nitrogen and oxygen atoms in total. The van der Waals surface area contributed by atoms with Crippen LogP contribution < -0.4 is 5.32 Å². The van der Waals surface area contributed by atoms with Crippen LogP contribution in [0.25, 0.3) is 5.69 Å². The summed E-state index contributed by atoms with van der Waals surface area (Å²) in [5.74, 6) is 1.29. The Bertz CT molecular complexity index is 797. The molecule has 2 aliphatic heterocycles. The maximum Gasteiger partial charge on any atom is 0.255 e. The number of carbonyl (C=O) groups is 1. The number of carbonyl (C=O) groups excluding carboxylic acids is 1. The third-order valence-corrected chi connectivity index (χ3v) is 6.05. The summed E-state index contributed by atoms with van der Waals surface area (Å²) in [6, 6.07) is 8.39. The molecule has 2 saturated heterocycles. The van der Waals surface area contributed by atoms with Gasteiger partial charge in [-0.25, -0.2) is 4.39 Å². The molecule has 2 aromatic rings.